The molecule has 2 aliphatic carbocycles. The summed E-state index contributed by atoms with van der Waals surface area (Å²) in [6.45, 7) is 1.58. The summed E-state index contributed by atoms with van der Waals surface area (Å²) in [5.74, 6) is -13.7. The van der Waals surface area contributed by atoms with Gasteiger partial charge in [0.15, 0.2) is 0 Å². The van der Waals surface area contributed by atoms with Crippen molar-refractivity contribution in [2.75, 3.05) is 13.2 Å². The minimum Gasteiger partial charge on any atom is -0.461 e. The van der Waals surface area contributed by atoms with E-state index in [4.69, 9.17) is 0 Å². The fourth-order valence-electron chi connectivity index (χ4n) is 6.59. The maximum atomic E-state index is 15.2. The van der Waals surface area contributed by atoms with Crippen molar-refractivity contribution < 1.29 is 55.1 Å². The monoisotopic (exact) mass is 638 g/mol. The molecular weight excluding hydrogens is 602 g/mol. The van der Waals surface area contributed by atoms with Crippen molar-refractivity contribution in [1.82, 2.24) is 20.9 Å². The number of esters is 1. The van der Waals surface area contributed by atoms with Gasteiger partial charge in [-0.25, -0.2) is 13.6 Å². The zero-order valence-electron chi connectivity index (χ0n) is 24.1. The van der Waals surface area contributed by atoms with Crippen molar-refractivity contribution in [3.63, 3.8) is 0 Å². The summed E-state index contributed by atoms with van der Waals surface area (Å²) in [4.78, 5) is 64.4. The van der Waals surface area contributed by atoms with Gasteiger partial charge >= 0.3 is 18.1 Å². The van der Waals surface area contributed by atoms with Gasteiger partial charge in [-0.2, -0.15) is 17.6 Å². The summed E-state index contributed by atoms with van der Waals surface area (Å²) in [6, 6.07) is -6.15. The topological polar surface area (TPSA) is 134 Å². The van der Waals surface area contributed by atoms with Gasteiger partial charge in [-0.1, -0.05) is 19.3 Å². The number of ether oxygens (including phenoxy) is 1. The summed E-state index contributed by atoms with van der Waals surface area (Å²) in [7, 11) is 0. The van der Waals surface area contributed by atoms with E-state index in [1.165, 1.54) is 6.92 Å². The van der Waals surface area contributed by atoms with Gasteiger partial charge in [0.25, 0.3) is 5.92 Å². The predicted molar refractivity (Wildman–Crippen MR) is 140 cm³/mol. The van der Waals surface area contributed by atoms with Gasteiger partial charge in [-0.05, 0) is 51.0 Å². The molecule has 3 heterocycles. The Morgan fingerprint density at radius 1 is 1.09 bits per heavy atom. The third-order valence-electron chi connectivity index (χ3n) is 8.96. The number of amides is 4. The second kappa shape index (κ2) is 13.3. The smallest absolute Gasteiger partial charge is 0.461 e. The fourth-order valence-corrected chi connectivity index (χ4v) is 6.59. The molecule has 3 N–H and O–H groups in total. The molecule has 44 heavy (non-hydrogen) atoms. The minimum absolute atomic E-state index is 0.0577. The zero-order chi connectivity index (χ0) is 32.4. The zero-order valence-corrected chi connectivity index (χ0v) is 24.1. The average Bonchev–Trinajstić information content (AvgIpc) is 3.31. The molecular formula is C28H36F6N4O6. The van der Waals surface area contributed by atoms with E-state index in [1.807, 2.05) is 0 Å². The van der Waals surface area contributed by atoms with E-state index >= 15 is 8.78 Å². The highest BCUT2D eigenvalue weighted by Gasteiger charge is 2.61. The Morgan fingerprint density at radius 2 is 1.80 bits per heavy atom. The van der Waals surface area contributed by atoms with Gasteiger partial charge in [0.1, 0.15) is 12.1 Å². The third kappa shape index (κ3) is 7.48. The molecule has 246 valence electrons. The van der Waals surface area contributed by atoms with Crippen LogP contribution in [0.2, 0.25) is 0 Å². The van der Waals surface area contributed by atoms with Crippen LogP contribution in [-0.4, -0.2) is 83.9 Å². The Labute approximate surface area is 249 Å². The Balaban J connectivity index is 1.64. The van der Waals surface area contributed by atoms with Gasteiger partial charge in [-0.3, -0.25) is 19.2 Å². The van der Waals surface area contributed by atoms with Crippen molar-refractivity contribution >= 4 is 29.6 Å². The predicted octanol–water partition coefficient (Wildman–Crippen LogP) is 2.67. The van der Waals surface area contributed by atoms with Crippen LogP contribution >= 0.6 is 0 Å². The summed E-state index contributed by atoms with van der Waals surface area (Å²) in [6.07, 6.45) is -3.60. The SMILES string of the molecule is CCOC(=O)C(F)=CC(CC1CCNC1=O)NC(=O)C1C2CCC(CC2(F)F)N1C(=O)C(CC1CCC1)NC(=O)C(F)(F)F. The lowest BCUT2D eigenvalue weighted by atomic mass is 9.71. The molecule has 5 fully saturated rings. The molecule has 0 aromatic heterocycles. The largest absolute Gasteiger partial charge is 0.471 e. The molecule has 6 atom stereocenters. The Bertz CT molecular complexity index is 1180. The number of piperidine rings is 2. The average molecular weight is 639 g/mol. The lowest BCUT2D eigenvalue weighted by Gasteiger charge is -2.54. The van der Waals surface area contributed by atoms with Crippen LogP contribution in [0.1, 0.15) is 64.7 Å². The van der Waals surface area contributed by atoms with Crippen molar-refractivity contribution in [3.8, 4) is 0 Å². The highest BCUT2D eigenvalue weighted by molar-refractivity contribution is 5.94. The summed E-state index contributed by atoms with van der Waals surface area (Å²) < 4.78 is 89.1. The first-order chi connectivity index (χ1) is 20.6. The van der Waals surface area contributed by atoms with Gasteiger partial charge in [0, 0.05) is 24.9 Å². The standard InChI is InChI=1S/C28H36F6N4O6/c1-2-44-25(42)19(29)12-16(11-15-8-9-35-22(15)39)36-23(40)21-18-7-6-17(13-27(18,30)31)38(21)24(41)20(10-14-4-3-5-14)37-26(43)28(32,33)34/h12,14-18,20-21H,2-11,13H2,1H3,(H,35,39)(H,36,40)(H,37,43). The van der Waals surface area contributed by atoms with Gasteiger partial charge in [-0.15, -0.1) is 0 Å². The number of carbonyl (C=O) groups excluding carboxylic acids is 5. The van der Waals surface area contributed by atoms with E-state index in [2.05, 4.69) is 15.4 Å². The molecule has 3 aliphatic heterocycles. The number of alkyl halides is 5. The highest BCUT2D eigenvalue weighted by atomic mass is 19.4. The Kier molecular flexibility index (Phi) is 10.2. The van der Waals surface area contributed by atoms with Crippen molar-refractivity contribution in [3.05, 3.63) is 11.9 Å². The molecule has 2 bridgehead atoms. The first-order valence-electron chi connectivity index (χ1n) is 14.8. The molecule has 6 unspecified atom stereocenters. The molecule has 0 radical (unpaired) electrons. The van der Waals surface area contributed by atoms with Crippen LogP contribution in [0.3, 0.4) is 0 Å². The van der Waals surface area contributed by atoms with Crippen LogP contribution in [-0.2, 0) is 28.7 Å². The third-order valence-corrected chi connectivity index (χ3v) is 8.96. The molecule has 5 rings (SSSR count). The normalized spacial score (nSPS) is 28.0. The van der Waals surface area contributed by atoms with E-state index in [0.29, 0.717) is 31.9 Å². The lowest BCUT2D eigenvalue weighted by molar-refractivity contribution is -0.196. The maximum absolute atomic E-state index is 15.2. The molecule has 4 amide bonds. The van der Waals surface area contributed by atoms with Crippen LogP contribution in [0.4, 0.5) is 26.3 Å². The van der Waals surface area contributed by atoms with E-state index in [9.17, 15) is 41.5 Å². The first kappa shape index (κ1) is 33.6. The van der Waals surface area contributed by atoms with E-state index in [-0.39, 0.29) is 38.2 Å². The van der Waals surface area contributed by atoms with E-state index in [0.717, 1.165) is 11.3 Å². The Hall–Kier alpha value is -3.33. The molecule has 10 nitrogen and oxygen atoms in total. The van der Waals surface area contributed by atoms with E-state index < -0.39 is 89.9 Å². The van der Waals surface area contributed by atoms with Crippen LogP contribution in [0.5, 0.6) is 0 Å². The highest BCUT2D eigenvalue weighted by Crippen LogP contribution is 2.49. The first-order valence-corrected chi connectivity index (χ1v) is 14.8. The number of halogens is 6. The molecule has 0 aromatic rings. The van der Waals surface area contributed by atoms with Crippen molar-refractivity contribution in [1.29, 1.82) is 0 Å². The number of hydrogen-bond donors (Lipinski definition) is 3. The molecule has 0 spiro atoms. The minimum atomic E-state index is -5.31. The lowest BCUT2D eigenvalue weighted by Crippen LogP contribution is -2.71. The van der Waals surface area contributed by atoms with E-state index in [1.54, 1.807) is 5.32 Å². The number of fused-ring (bicyclic) bond motifs is 3. The van der Waals surface area contributed by atoms with Crippen LogP contribution in [0.25, 0.3) is 0 Å². The summed E-state index contributed by atoms with van der Waals surface area (Å²) >= 11 is 0. The van der Waals surface area contributed by atoms with Crippen molar-refractivity contribution in [2.45, 2.75) is 101 Å². The summed E-state index contributed by atoms with van der Waals surface area (Å²) in [5, 5.41) is 6.69. The number of rotatable bonds is 11. The quantitative estimate of drug-likeness (QED) is 0.181. The summed E-state index contributed by atoms with van der Waals surface area (Å²) in [5.41, 5.74) is 0. The second-order valence-electron chi connectivity index (χ2n) is 11.9. The maximum Gasteiger partial charge on any atom is 0.471 e. The van der Waals surface area contributed by atoms with Gasteiger partial charge in [0.05, 0.1) is 18.6 Å². The number of nitrogens with zero attached hydrogens (tertiary/aromatic N) is 1. The second-order valence-corrected chi connectivity index (χ2v) is 11.9. The fraction of sp³-hybridized carbons (Fsp3) is 0.750. The number of hydrogen-bond acceptors (Lipinski definition) is 6. The molecule has 2 saturated carbocycles. The Morgan fingerprint density at radius 3 is 2.34 bits per heavy atom. The number of carbonyl (C=O) groups is 5. The molecule has 3 saturated heterocycles. The number of nitrogens with one attached hydrogen (secondary N) is 3. The molecule has 16 heteroatoms. The van der Waals surface area contributed by atoms with Crippen LogP contribution in [0, 0.1) is 17.8 Å². The van der Waals surface area contributed by atoms with Gasteiger partial charge < -0.3 is 25.6 Å². The van der Waals surface area contributed by atoms with Crippen molar-refractivity contribution in [2.24, 2.45) is 17.8 Å². The van der Waals surface area contributed by atoms with Crippen LogP contribution < -0.4 is 16.0 Å². The van der Waals surface area contributed by atoms with Crippen LogP contribution in [0.15, 0.2) is 11.9 Å². The molecule has 5 aliphatic rings. The molecule has 0 aromatic carbocycles. The van der Waals surface area contributed by atoms with Gasteiger partial charge in [0.2, 0.25) is 23.5 Å².